The highest BCUT2D eigenvalue weighted by molar-refractivity contribution is 7.89. The molecule has 0 spiro atoms. The molecule has 0 bridgehead atoms. The molecule has 2 rings (SSSR count). The number of nitrogens with zero attached hydrogens (tertiary/aromatic N) is 2. The first-order valence-corrected chi connectivity index (χ1v) is 9.04. The van der Waals surface area contributed by atoms with Gasteiger partial charge >= 0.3 is 0 Å². The Morgan fingerprint density at radius 3 is 2.61 bits per heavy atom. The first-order chi connectivity index (χ1) is 11.0. The lowest BCUT2D eigenvalue weighted by molar-refractivity contribution is 0.551. The quantitative estimate of drug-likeness (QED) is 0.774. The predicted molar refractivity (Wildman–Crippen MR) is 90.4 cm³/mol. The third-order valence-corrected chi connectivity index (χ3v) is 4.70. The summed E-state index contributed by atoms with van der Waals surface area (Å²) in [6.07, 6.45) is 5.65. The van der Waals surface area contributed by atoms with E-state index in [0.717, 1.165) is 12.0 Å². The van der Waals surface area contributed by atoms with Crippen LogP contribution in [0.3, 0.4) is 0 Å². The fourth-order valence-electron chi connectivity index (χ4n) is 1.90. The number of nitrogens with one attached hydrogen (secondary N) is 2. The molecule has 0 saturated heterocycles. The lowest BCUT2D eigenvalue weighted by Crippen LogP contribution is -2.25. The van der Waals surface area contributed by atoms with Crippen LogP contribution in [-0.4, -0.2) is 24.9 Å². The van der Waals surface area contributed by atoms with Crippen molar-refractivity contribution in [2.45, 2.75) is 31.7 Å². The maximum absolute atomic E-state index is 12.1. The fraction of sp³-hybridized carbons (Fsp3) is 0.375. The summed E-state index contributed by atoms with van der Waals surface area (Å²) < 4.78 is 26.8. The van der Waals surface area contributed by atoms with E-state index in [0.29, 0.717) is 24.8 Å². The topological polar surface area (TPSA) is 84.0 Å². The minimum absolute atomic E-state index is 0.174. The van der Waals surface area contributed by atoms with Gasteiger partial charge in [0.05, 0.1) is 0 Å². The summed E-state index contributed by atoms with van der Waals surface area (Å²) in [7, 11) is -3.49. The van der Waals surface area contributed by atoms with Gasteiger partial charge in [0.15, 0.2) is 0 Å². The molecule has 0 saturated carbocycles. The van der Waals surface area contributed by atoms with Crippen molar-refractivity contribution in [2.75, 3.05) is 11.9 Å². The van der Waals surface area contributed by atoms with Crippen molar-refractivity contribution in [2.24, 2.45) is 5.92 Å². The normalized spacial score (nSPS) is 11.6. The Balaban J connectivity index is 1.93. The Morgan fingerprint density at radius 2 is 2.00 bits per heavy atom. The van der Waals surface area contributed by atoms with Gasteiger partial charge in [0, 0.05) is 31.7 Å². The van der Waals surface area contributed by atoms with Crippen LogP contribution in [0.1, 0.15) is 25.8 Å². The smallest absolute Gasteiger partial charge is 0.242 e. The number of hydrogen-bond donors (Lipinski definition) is 2. The summed E-state index contributed by atoms with van der Waals surface area (Å²) in [6, 6.07) is 7.03. The van der Waals surface area contributed by atoms with E-state index in [9.17, 15) is 8.42 Å². The lowest BCUT2D eigenvalue weighted by Gasteiger charge is -2.09. The van der Waals surface area contributed by atoms with Gasteiger partial charge in [-0.3, -0.25) is 4.98 Å². The molecule has 6 nitrogen and oxygen atoms in total. The molecule has 2 aromatic rings. The molecule has 2 heterocycles. The number of hydrogen-bond acceptors (Lipinski definition) is 5. The highest BCUT2D eigenvalue weighted by Gasteiger charge is 2.14. The zero-order valence-electron chi connectivity index (χ0n) is 13.4. The summed E-state index contributed by atoms with van der Waals surface area (Å²) >= 11 is 0. The average Bonchev–Trinajstić information content (AvgIpc) is 2.54. The van der Waals surface area contributed by atoms with E-state index in [1.165, 1.54) is 6.20 Å². The Morgan fingerprint density at radius 1 is 1.17 bits per heavy atom. The molecule has 0 fully saturated rings. The van der Waals surface area contributed by atoms with Crippen LogP contribution in [0.4, 0.5) is 5.82 Å². The van der Waals surface area contributed by atoms with E-state index in [1.807, 2.05) is 12.1 Å². The van der Waals surface area contributed by atoms with Crippen LogP contribution >= 0.6 is 0 Å². The molecule has 124 valence electrons. The van der Waals surface area contributed by atoms with E-state index in [2.05, 4.69) is 33.9 Å². The summed E-state index contributed by atoms with van der Waals surface area (Å²) in [5, 5.41) is 3.13. The minimum atomic E-state index is -3.49. The second-order valence-corrected chi connectivity index (χ2v) is 7.44. The van der Waals surface area contributed by atoms with Crippen LogP contribution in [0.5, 0.6) is 0 Å². The number of rotatable bonds is 8. The fourth-order valence-corrected chi connectivity index (χ4v) is 2.90. The molecule has 0 atom stereocenters. The zero-order valence-corrected chi connectivity index (χ0v) is 14.2. The van der Waals surface area contributed by atoms with Gasteiger partial charge in [0.2, 0.25) is 10.0 Å². The monoisotopic (exact) mass is 334 g/mol. The number of aromatic nitrogens is 2. The van der Waals surface area contributed by atoms with Crippen LogP contribution in [-0.2, 0) is 16.6 Å². The molecular formula is C16H22N4O2S. The van der Waals surface area contributed by atoms with E-state index in [1.54, 1.807) is 24.5 Å². The van der Waals surface area contributed by atoms with Crippen LogP contribution in [0.2, 0.25) is 0 Å². The molecule has 0 amide bonds. The minimum Gasteiger partial charge on any atom is -0.366 e. The summed E-state index contributed by atoms with van der Waals surface area (Å²) in [5.41, 5.74) is 1.03. The largest absolute Gasteiger partial charge is 0.366 e. The SMILES string of the molecule is CC(C)CCNS(=O)(=O)c1ccc(NCc2cccnc2)nc1. The van der Waals surface area contributed by atoms with Gasteiger partial charge in [-0.25, -0.2) is 18.1 Å². The van der Waals surface area contributed by atoms with Crippen molar-refractivity contribution in [3.8, 4) is 0 Å². The molecular weight excluding hydrogens is 312 g/mol. The van der Waals surface area contributed by atoms with Crippen LogP contribution in [0.15, 0.2) is 47.8 Å². The van der Waals surface area contributed by atoms with Crippen molar-refractivity contribution in [1.82, 2.24) is 14.7 Å². The van der Waals surface area contributed by atoms with Crippen LogP contribution in [0.25, 0.3) is 0 Å². The van der Waals surface area contributed by atoms with Crippen LogP contribution in [0, 0.1) is 5.92 Å². The third kappa shape index (κ3) is 5.61. The number of anilines is 1. The average molecular weight is 334 g/mol. The Bertz CT molecular complexity index is 701. The molecule has 2 aromatic heterocycles. The van der Waals surface area contributed by atoms with E-state index in [4.69, 9.17) is 0 Å². The van der Waals surface area contributed by atoms with Gasteiger partial charge in [0.1, 0.15) is 10.7 Å². The van der Waals surface area contributed by atoms with Crippen molar-refractivity contribution in [1.29, 1.82) is 0 Å². The van der Waals surface area contributed by atoms with Gasteiger partial charge < -0.3 is 5.32 Å². The maximum Gasteiger partial charge on any atom is 0.242 e. The van der Waals surface area contributed by atoms with Crippen molar-refractivity contribution >= 4 is 15.8 Å². The highest BCUT2D eigenvalue weighted by atomic mass is 32.2. The number of sulfonamides is 1. The molecule has 0 aromatic carbocycles. The van der Waals surface area contributed by atoms with Crippen molar-refractivity contribution < 1.29 is 8.42 Å². The zero-order chi connectivity index (χ0) is 16.7. The summed E-state index contributed by atoms with van der Waals surface area (Å²) in [5.74, 6) is 1.07. The molecule has 0 unspecified atom stereocenters. The van der Waals surface area contributed by atoms with E-state index < -0.39 is 10.0 Å². The predicted octanol–water partition coefficient (Wildman–Crippen LogP) is 2.41. The highest BCUT2D eigenvalue weighted by Crippen LogP contribution is 2.12. The Labute approximate surface area is 137 Å². The van der Waals surface area contributed by atoms with Gasteiger partial charge in [-0.15, -0.1) is 0 Å². The molecule has 0 radical (unpaired) electrons. The van der Waals surface area contributed by atoms with Gasteiger partial charge in [0.25, 0.3) is 0 Å². The van der Waals surface area contributed by atoms with Gasteiger partial charge in [-0.05, 0) is 36.1 Å². The summed E-state index contributed by atoms with van der Waals surface area (Å²) in [6.45, 7) is 5.12. The Hall–Kier alpha value is -1.99. The lowest BCUT2D eigenvalue weighted by atomic mass is 10.1. The first kappa shape index (κ1) is 17.4. The van der Waals surface area contributed by atoms with E-state index >= 15 is 0 Å². The van der Waals surface area contributed by atoms with Crippen molar-refractivity contribution in [3.63, 3.8) is 0 Å². The maximum atomic E-state index is 12.1. The molecule has 7 heteroatoms. The molecule has 23 heavy (non-hydrogen) atoms. The Kier molecular flexibility index (Phi) is 6.06. The van der Waals surface area contributed by atoms with E-state index in [-0.39, 0.29) is 4.90 Å². The second kappa shape index (κ2) is 8.03. The second-order valence-electron chi connectivity index (χ2n) is 5.67. The standard InChI is InChI=1S/C16H22N4O2S/c1-13(2)7-9-20-23(21,22)15-5-6-16(19-12-15)18-11-14-4-3-8-17-10-14/h3-6,8,10,12-13,20H,7,9,11H2,1-2H3,(H,18,19). The third-order valence-electron chi connectivity index (χ3n) is 3.26. The molecule has 0 aliphatic rings. The van der Waals surface area contributed by atoms with Crippen LogP contribution < -0.4 is 10.0 Å². The van der Waals surface area contributed by atoms with Gasteiger partial charge in [-0.2, -0.15) is 0 Å². The van der Waals surface area contributed by atoms with Crippen molar-refractivity contribution in [3.05, 3.63) is 48.4 Å². The van der Waals surface area contributed by atoms with Gasteiger partial charge in [-0.1, -0.05) is 19.9 Å². The number of pyridine rings is 2. The first-order valence-electron chi connectivity index (χ1n) is 7.56. The molecule has 2 N–H and O–H groups in total. The molecule has 0 aliphatic heterocycles. The summed E-state index contributed by atoms with van der Waals surface area (Å²) in [4.78, 5) is 8.36. The molecule has 0 aliphatic carbocycles.